The van der Waals surface area contributed by atoms with E-state index in [0.717, 1.165) is 18.2 Å². The molecule has 0 fully saturated rings. The van der Waals surface area contributed by atoms with Crippen LogP contribution in [0.2, 0.25) is 0 Å². The van der Waals surface area contributed by atoms with Gasteiger partial charge < -0.3 is 9.47 Å². The van der Waals surface area contributed by atoms with Crippen LogP contribution in [0.1, 0.15) is 31.9 Å². The van der Waals surface area contributed by atoms with E-state index in [4.69, 9.17) is 9.47 Å². The minimum atomic E-state index is -4.42. The molecular weight excluding hydrogens is 349 g/mol. The summed E-state index contributed by atoms with van der Waals surface area (Å²) in [7, 11) is 0. The first-order chi connectivity index (χ1) is 12.0. The summed E-state index contributed by atoms with van der Waals surface area (Å²) in [4.78, 5) is 23.4. The van der Waals surface area contributed by atoms with Crippen molar-refractivity contribution >= 4 is 11.8 Å². The molecule has 0 aromatic heterocycles. The fraction of sp³-hybridized carbons (Fsp3) is 0.263. The molecule has 0 aliphatic carbocycles. The number of hydrogen-bond donors (Lipinski definition) is 0. The van der Waals surface area contributed by atoms with Gasteiger partial charge in [0, 0.05) is 25.5 Å². The van der Waals surface area contributed by atoms with Crippen molar-refractivity contribution in [2.75, 3.05) is 0 Å². The van der Waals surface area contributed by atoms with E-state index in [1.807, 2.05) is 0 Å². The molecule has 0 amide bonds. The summed E-state index contributed by atoms with van der Waals surface area (Å²) >= 11 is 0. The minimum absolute atomic E-state index is 0.0282. The standard InChI is InChI=1S/C19H15F3O4/c1-12(23)15(16-11-17(24)26-18(2,3)25-16)6-4-5-13-7-9-14(10-8-13)19(20,21)22/h6-11H,1-3H3/b15-6-. The number of Topliss-reactive ketones (excluding diaryl/α,β-unsaturated/α-hetero) is 1. The van der Waals surface area contributed by atoms with Gasteiger partial charge in [0.1, 0.15) is 5.76 Å². The second-order valence-corrected chi connectivity index (χ2v) is 5.89. The predicted molar refractivity (Wildman–Crippen MR) is 86.4 cm³/mol. The molecule has 0 bridgehead atoms. The first-order valence-electron chi connectivity index (χ1n) is 7.52. The fourth-order valence-electron chi connectivity index (χ4n) is 2.11. The average Bonchev–Trinajstić information content (AvgIpc) is 2.48. The van der Waals surface area contributed by atoms with Gasteiger partial charge in [0.25, 0.3) is 0 Å². The molecule has 1 heterocycles. The number of esters is 1. The number of alkyl halides is 3. The Morgan fingerprint density at radius 1 is 1.15 bits per heavy atom. The molecule has 1 aliphatic heterocycles. The highest BCUT2D eigenvalue weighted by Gasteiger charge is 2.32. The first kappa shape index (κ1) is 19.3. The van der Waals surface area contributed by atoms with Crippen molar-refractivity contribution < 1.29 is 32.2 Å². The summed E-state index contributed by atoms with van der Waals surface area (Å²) in [5.74, 6) is 2.99. The van der Waals surface area contributed by atoms with Crippen molar-refractivity contribution in [3.05, 3.63) is 58.9 Å². The SMILES string of the molecule is CC(=O)/C(=C/C#Cc1ccc(C(F)(F)F)cc1)C1=CC(=O)OC(C)(C)O1. The zero-order valence-corrected chi connectivity index (χ0v) is 14.2. The van der Waals surface area contributed by atoms with Crippen molar-refractivity contribution in [2.24, 2.45) is 0 Å². The third kappa shape index (κ3) is 4.99. The largest absolute Gasteiger partial charge is 0.452 e. The molecule has 0 saturated carbocycles. The van der Waals surface area contributed by atoms with E-state index in [1.54, 1.807) is 0 Å². The normalized spacial score (nSPS) is 16.6. The van der Waals surface area contributed by atoms with Gasteiger partial charge in [-0.15, -0.1) is 0 Å². The molecule has 1 aromatic rings. The Hall–Kier alpha value is -3.01. The van der Waals surface area contributed by atoms with Gasteiger partial charge in [-0.05, 0) is 31.2 Å². The Labute approximate surface area is 148 Å². The molecule has 26 heavy (non-hydrogen) atoms. The van der Waals surface area contributed by atoms with Gasteiger partial charge in [0.15, 0.2) is 5.78 Å². The molecular formula is C19H15F3O4. The quantitative estimate of drug-likeness (QED) is 0.455. The van der Waals surface area contributed by atoms with Crippen molar-refractivity contribution in [1.29, 1.82) is 0 Å². The molecule has 0 saturated heterocycles. The monoisotopic (exact) mass is 364 g/mol. The molecule has 0 spiro atoms. The number of ketones is 1. The molecule has 7 heteroatoms. The maximum Gasteiger partial charge on any atom is 0.416 e. The van der Waals surface area contributed by atoms with Crippen LogP contribution in [-0.2, 0) is 25.2 Å². The summed E-state index contributed by atoms with van der Waals surface area (Å²) in [5.41, 5.74) is -0.367. The lowest BCUT2D eigenvalue weighted by molar-refractivity contribution is -0.203. The van der Waals surface area contributed by atoms with Gasteiger partial charge in [0.2, 0.25) is 5.79 Å². The van der Waals surface area contributed by atoms with E-state index in [9.17, 15) is 22.8 Å². The molecule has 2 rings (SSSR count). The van der Waals surface area contributed by atoms with E-state index in [-0.39, 0.29) is 17.1 Å². The van der Waals surface area contributed by atoms with E-state index < -0.39 is 23.5 Å². The van der Waals surface area contributed by atoms with E-state index in [0.29, 0.717) is 5.56 Å². The zero-order chi connectivity index (χ0) is 19.5. The lowest BCUT2D eigenvalue weighted by atomic mass is 10.1. The Morgan fingerprint density at radius 2 is 1.77 bits per heavy atom. The van der Waals surface area contributed by atoms with Gasteiger partial charge in [-0.3, -0.25) is 4.79 Å². The number of halogens is 3. The van der Waals surface area contributed by atoms with Crippen LogP contribution in [0, 0.1) is 11.8 Å². The maximum atomic E-state index is 12.5. The third-order valence-electron chi connectivity index (χ3n) is 3.24. The molecule has 136 valence electrons. The summed E-state index contributed by atoms with van der Waals surface area (Å²) in [6.45, 7) is 4.32. The third-order valence-corrected chi connectivity index (χ3v) is 3.24. The number of cyclic esters (lactones) is 1. The molecule has 1 aromatic carbocycles. The molecule has 1 aliphatic rings. The highest BCUT2D eigenvalue weighted by Crippen LogP contribution is 2.29. The number of rotatable bonds is 2. The lowest BCUT2D eigenvalue weighted by Gasteiger charge is -2.30. The van der Waals surface area contributed by atoms with Crippen LogP contribution in [0.5, 0.6) is 0 Å². The highest BCUT2D eigenvalue weighted by atomic mass is 19.4. The van der Waals surface area contributed by atoms with Crippen LogP contribution >= 0.6 is 0 Å². The second kappa shape index (κ2) is 7.08. The van der Waals surface area contributed by atoms with Crippen LogP contribution in [0.4, 0.5) is 13.2 Å². The number of benzene rings is 1. The zero-order valence-electron chi connectivity index (χ0n) is 14.2. The number of ether oxygens (including phenoxy) is 2. The number of hydrogen-bond acceptors (Lipinski definition) is 4. The van der Waals surface area contributed by atoms with E-state index in [2.05, 4.69) is 11.8 Å². The molecule has 0 radical (unpaired) electrons. The summed E-state index contributed by atoms with van der Waals surface area (Å²) in [6.07, 6.45) is -2.13. The number of allylic oxidation sites excluding steroid dienone is 2. The Kier molecular flexibility index (Phi) is 5.26. The predicted octanol–water partition coefficient (Wildman–Crippen LogP) is 3.77. The number of carbonyl (C=O) groups excluding carboxylic acids is 2. The molecule has 0 atom stereocenters. The van der Waals surface area contributed by atoms with Gasteiger partial charge in [-0.2, -0.15) is 13.2 Å². The molecule has 4 nitrogen and oxygen atoms in total. The topological polar surface area (TPSA) is 52.6 Å². The smallest absolute Gasteiger partial charge is 0.416 e. The summed E-state index contributed by atoms with van der Waals surface area (Å²) in [5, 5.41) is 0. The van der Waals surface area contributed by atoms with E-state index >= 15 is 0 Å². The van der Waals surface area contributed by atoms with Crippen LogP contribution in [0.25, 0.3) is 0 Å². The van der Waals surface area contributed by atoms with Gasteiger partial charge in [-0.1, -0.05) is 11.8 Å². The van der Waals surface area contributed by atoms with Crippen LogP contribution in [0.15, 0.2) is 47.7 Å². The van der Waals surface area contributed by atoms with Gasteiger partial charge in [-0.25, -0.2) is 4.79 Å². The minimum Gasteiger partial charge on any atom is -0.452 e. The summed E-state index contributed by atoms with van der Waals surface area (Å²) in [6, 6.07) is 4.30. The lowest BCUT2D eigenvalue weighted by Crippen LogP contribution is -2.35. The average molecular weight is 364 g/mol. The van der Waals surface area contributed by atoms with Gasteiger partial charge >= 0.3 is 12.1 Å². The second-order valence-electron chi connectivity index (χ2n) is 5.89. The number of carbonyl (C=O) groups is 2. The van der Waals surface area contributed by atoms with Crippen molar-refractivity contribution in [3.63, 3.8) is 0 Å². The fourth-order valence-corrected chi connectivity index (χ4v) is 2.11. The van der Waals surface area contributed by atoms with E-state index in [1.165, 1.54) is 39.0 Å². The Bertz CT molecular complexity index is 848. The van der Waals surface area contributed by atoms with Crippen LogP contribution in [0.3, 0.4) is 0 Å². The van der Waals surface area contributed by atoms with Crippen molar-refractivity contribution in [1.82, 2.24) is 0 Å². The highest BCUT2D eigenvalue weighted by molar-refractivity contribution is 5.99. The van der Waals surface area contributed by atoms with Gasteiger partial charge in [0.05, 0.1) is 17.2 Å². The molecule has 0 unspecified atom stereocenters. The first-order valence-corrected chi connectivity index (χ1v) is 7.52. The van der Waals surface area contributed by atoms with Crippen molar-refractivity contribution in [3.8, 4) is 11.8 Å². The summed E-state index contributed by atoms with van der Waals surface area (Å²) < 4.78 is 48.0. The maximum absolute atomic E-state index is 12.5. The Morgan fingerprint density at radius 3 is 2.27 bits per heavy atom. The van der Waals surface area contributed by atoms with Crippen molar-refractivity contribution in [2.45, 2.75) is 32.7 Å². The van der Waals surface area contributed by atoms with Crippen LogP contribution < -0.4 is 0 Å². The van der Waals surface area contributed by atoms with Crippen LogP contribution in [-0.4, -0.2) is 17.5 Å². The molecule has 0 N–H and O–H groups in total. The Balaban J connectivity index is 2.28.